The Bertz CT molecular complexity index is 307. The normalized spacial score (nSPS) is 22.1. The van der Waals surface area contributed by atoms with Crippen molar-refractivity contribution in [2.45, 2.75) is 26.2 Å². The van der Waals surface area contributed by atoms with Gasteiger partial charge in [0.25, 0.3) is 5.91 Å². The molecule has 2 rings (SSSR count). The molecule has 2 aliphatic rings. The van der Waals surface area contributed by atoms with E-state index in [1.807, 2.05) is 6.92 Å². The van der Waals surface area contributed by atoms with Crippen molar-refractivity contribution in [3.8, 4) is 0 Å². The van der Waals surface area contributed by atoms with Gasteiger partial charge >= 0.3 is 0 Å². The number of ether oxygens (including phenoxy) is 2. The standard InChI is InChI=1S/C12H20N2O3/c1-2-11-10(4-3-7-17-11)12(15)14-6-9-16-8-5-13-14/h13H,2-9H2,1H3. The Morgan fingerprint density at radius 1 is 1.41 bits per heavy atom. The Hall–Kier alpha value is -1.07. The molecule has 17 heavy (non-hydrogen) atoms. The van der Waals surface area contributed by atoms with Crippen LogP contribution in [0.25, 0.3) is 0 Å². The minimum absolute atomic E-state index is 0.0482. The number of hydrogen-bond acceptors (Lipinski definition) is 4. The van der Waals surface area contributed by atoms with Crippen LogP contribution in [0.3, 0.4) is 0 Å². The number of amides is 1. The van der Waals surface area contributed by atoms with Crippen LogP contribution in [0.2, 0.25) is 0 Å². The minimum Gasteiger partial charge on any atom is -0.497 e. The summed E-state index contributed by atoms with van der Waals surface area (Å²) in [5.41, 5.74) is 3.92. The van der Waals surface area contributed by atoms with Crippen LogP contribution in [-0.2, 0) is 14.3 Å². The van der Waals surface area contributed by atoms with E-state index in [-0.39, 0.29) is 5.91 Å². The molecule has 0 unspecified atom stereocenters. The smallest absolute Gasteiger partial charge is 0.267 e. The lowest BCUT2D eigenvalue weighted by Crippen LogP contribution is -2.45. The van der Waals surface area contributed by atoms with Crippen molar-refractivity contribution in [2.75, 3.05) is 32.9 Å². The van der Waals surface area contributed by atoms with Gasteiger partial charge in [0.2, 0.25) is 0 Å². The summed E-state index contributed by atoms with van der Waals surface area (Å²) in [6.07, 6.45) is 2.53. The van der Waals surface area contributed by atoms with Crippen LogP contribution < -0.4 is 5.43 Å². The molecule has 96 valence electrons. The molecule has 5 nitrogen and oxygen atoms in total. The summed E-state index contributed by atoms with van der Waals surface area (Å²) in [7, 11) is 0. The van der Waals surface area contributed by atoms with Gasteiger partial charge in [0.05, 0.1) is 31.9 Å². The third-order valence-electron chi connectivity index (χ3n) is 3.02. The second kappa shape index (κ2) is 6.02. The average molecular weight is 240 g/mol. The monoisotopic (exact) mass is 240 g/mol. The summed E-state index contributed by atoms with van der Waals surface area (Å²) in [6.45, 7) is 5.28. The second-order valence-corrected chi connectivity index (χ2v) is 4.18. The van der Waals surface area contributed by atoms with E-state index in [0.29, 0.717) is 26.3 Å². The Morgan fingerprint density at radius 3 is 3.12 bits per heavy atom. The van der Waals surface area contributed by atoms with E-state index in [4.69, 9.17) is 9.47 Å². The van der Waals surface area contributed by atoms with Crippen LogP contribution in [0.1, 0.15) is 26.2 Å². The fourth-order valence-electron chi connectivity index (χ4n) is 2.14. The van der Waals surface area contributed by atoms with Gasteiger partial charge in [-0.1, -0.05) is 6.92 Å². The van der Waals surface area contributed by atoms with Crippen LogP contribution >= 0.6 is 0 Å². The maximum Gasteiger partial charge on any atom is 0.267 e. The third kappa shape index (κ3) is 2.98. The number of nitrogens with one attached hydrogen (secondary N) is 1. The number of rotatable bonds is 2. The third-order valence-corrected chi connectivity index (χ3v) is 3.02. The lowest BCUT2D eigenvalue weighted by atomic mass is 10.0. The van der Waals surface area contributed by atoms with E-state index < -0.39 is 0 Å². The molecule has 1 saturated heterocycles. The SMILES string of the molecule is CCC1=C(C(=O)N2CCOCCN2)CCCO1. The van der Waals surface area contributed by atoms with Gasteiger partial charge in [0, 0.05) is 13.0 Å². The summed E-state index contributed by atoms with van der Waals surface area (Å²) in [4.78, 5) is 12.3. The van der Waals surface area contributed by atoms with Crippen molar-refractivity contribution in [1.82, 2.24) is 10.4 Å². The maximum absolute atomic E-state index is 12.3. The molecule has 0 aromatic carbocycles. The van der Waals surface area contributed by atoms with Gasteiger partial charge in [-0.15, -0.1) is 0 Å². The molecular weight excluding hydrogens is 220 g/mol. The summed E-state index contributed by atoms with van der Waals surface area (Å²) >= 11 is 0. The highest BCUT2D eigenvalue weighted by Crippen LogP contribution is 2.23. The zero-order chi connectivity index (χ0) is 12.1. The fourth-order valence-corrected chi connectivity index (χ4v) is 2.14. The first-order chi connectivity index (χ1) is 8.33. The van der Waals surface area contributed by atoms with Crippen molar-refractivity contribution >= 4 is 5.91 Å². The zero-order valence-electron chi connectivity index (χ0n) is 10.3. The Kier molecular flexibility index (Phi) is 4.39. The zero-order valence-corrected chi connectivity index (χ0v) is 10.3. The molecular formula is C12H20N2O3. The molecule has 0 spiro atoms. The van der Waals surface area contributed by atoms with E-state index in [9.17, 15) is 4.79 Å². The molecule has 1 amide bonds. The Balaban J connectivity index is 2.08. The number of hydrogen-bond donors (Lipinski definition) is 1. The highest BCUT2D eigenvalue weighted by molar-refractivity contribution is 5.93. The van der Waals surface area contributed by atoms with Crippen molar-refractivity contribution in [3.63, 3.8) is 0 Å². The highest BCUT2D eigenvalue weighted by Gasteiger charge is 2.24. The van der Waals surface area contributed by atoms with Crippen LogP contribution in [0.5, 0.6) is 0 Å². The summed E-state index contributed by atoms with van der Waals surface area (Å²) in [5, 5.41) is 1.66. The predicted octanol–water partition coefficient (Wildman–Crippen LogP) is 0.824. The lowest BCUT2D eigenvalue weighted by molar-refractivity contribution is -0.130. The van der Waals surface area contributed by atoms with Crippen molar-refractivity contribution in [2.24, 2.45) is 0 Å². The molecule has 5 heteroatoms. The number of nitrogens with zero attached hydrogens (tertiary/aromatic N) is 1. The molecule has 1 N–H and O–H groups in total. The quantitative estimate of drug-likeness (QED) is 0.776. The van der Waals surface area contributed by atoms with E-state index in [1.54, 1.807) is 5.01 Å². The topological polar surface area (TPSA) is 50.8 Å². The van der Waals surface area contributed by atoms with Gasteiger partial charge < -0.3 is 9.47 Å². The van der Waals surface area contributed by atoms with E-state index >= 15 is 0 Å². The predicted molar refractivity (Wildman–Crippen MR) is 63.0 cm³/mol. The number of carbonyl (C=O) groups excluding carboxylic acids is 1. The van der Waals surface area contributed by atoms with Gasteiger partial charge in [0.1, 0.15) is 5.76 Å². The molecule has 0 atom stereocenters. The van der Waals surface area contributed by atoms with Gasteiger partial charge in [-0.25, -0.2) is 5.43 Å². The van der Waals surface area contributed by atoms with Crippen LogP contribution in [0.4, 0.5) is 0 Å². The molecule has 0 aliphatic carbocycles. The maximum atomic E-state index is 12.3. The number of allylic oxidation sites excluding steroid dienone is 1. The number of hydrazine groups is 1. The van der Waals surface area contributed by atoms with Gasteiger partial charge in [-0.05, 0) is 12.8 Å². The molecule has 1 fully saturated rings. The van der Waals surface area contributed by atoms with E-state index in [2.05, 4.69) is 5.43 Å². The highest BCUT2D eigenvalue weighted by atomic mass is 16.5. The first-order valence-electron chi connectivity index (χ1n) is 6.31. The summed E-state index contributed by atoms with van der Waals surface area (Å²) in [5.74, 6) is 0.903. The average Bonchev–Trinajstić information content (AvgIpc) is 2.66. The first-order valence-corrected chi connectivity index (χ1v) is 6.31. The van der Waals surface area contributed by atoms with Gasteiger partial charge in [-0.3, -0.25) is 9.80 Å². The first kappa shape index (κ1) is 12.4. The Labute approximate surface area is 102 Å². The second-order valence-electron chi connectivity index (χ2n) is 4.18. The van der Waals surface area contributed by atoms with Crippen LogP contribution in [0.15, 0.2) is 11.3 Å². The van der Waals surface area contributed by atoms with E-state index in [0.717, 1.165) is 37.2 Å². The van der Waals surface area contributed by atoms with Crippen LogP contribution in [-0.4, -0.2) is 43.8 Å². The fraction of sp³-hybridized carbons (Fsp3) is 0.750. The minimum atomic E-state index is 0.0482. The lowest BCUT2D eigenvalue weighted by Gasteiger charge is -2.26. The molecule has 0 aromatic rings. The number of carbonyl (C=O) groups is 1. The molecule has 0 radical (unpaired) electrons. The summed E-state index contributed by atoms with van der Waals surface area (Å²) < 4.78 is 10.9. The van der Waals surface area contributed by atoms with Gasteiger partial charge in [-0.2, -0.15) is 0 Å². The Morgan fingerprint density at radius 2 is 2.29 bits per heavy atom. The molecule has 0 bridgehead atoms. The van der Waals surface area contributed by atoms with Crippen molar-refractivity contribution < 1.29 is 14.3 Å². The van der Waals surface area contributed by atoms with Crippen LogP contribution in [0, 0.1) is 0 Å². The van der Waals surface area contributed by atoms with Crippen molar-refractivity contribution in [3.05, 3.63) is 11.3 Å². The molecule has 2 heterocycles. The van der Waals surface area contributed by atoms with Crippen molar-refractivity contribution in [1.29, 1.82) is 0 Å². The summed E-state index contributed by atoms with van der Waals surface area (Å²) in [6, 6.07) is 0. The van der Waals surface area contributed by atoms with E-state index in [1.165, 1.54) is 0 Å². The van der Waals surface area contributed by atoms with Gasteiger partial charge in [0.15, 0.2) is 0 Å². The molecule has 2 aliphatic heterocycles. The molecule has 0 saturated carbocycles. The molecule has 0 aromatic heterocycles. The largest absolute Gasteiger partial charge is 0.497 e.